The number of carbonyl (C=O) groups excluding carboxylic acids is 1. The molecule has 0 aliphatic rings. The summed E-state index contributed by atoms with van der Waals surface area (Å²) in [6.07, 6.45) is 2.20. The highest BCUT2D eigenvalue weighted by Gasteiger charge is 2.10. The smallest absolute Gasteiger partial charge is 0.335 e. The van der Waals surface area contributed by atoms with E-state index in [-0.39, 0.29) is 22.9 Å². The van der Waals surface area contributed by atoms with Gasteiger partial charge in [0.05, 0.1) is 11.3 Å². The van der Waals surface area contributed by atoms with Gasteiger partial charge in [0.2, 0.25) is 5.91 Å². The Hall–Kier alpha value is -1.69. The average Bonchev–Trinajstić information content (AvgIpc) is 2.29. The summed E-state index contributed by atoms with van der Waals surface area (Å²) in [5.41, 5.74) is 0.138. The second kappa shape index (κ2) is 6.15. The minimum Gasteiger partial charge on any atom is -0.506 e. The van der Waals surface area contributed by atoms with Gasteiger partial charge in [-0.3, -0.25) is 4.79 Å². The third kappa shape index (κ3) is 3.99. The number of hydrogen-bond donors (Lipinski definition) is 3. The Balaban J connectivity index is 2.79. The second-order valence-corrected chi connectivity index (χ2v) is 4.31. The normalized spacial score (nSPS) is 9.94. The quantitative estimate of drug-likeness (QED) is 0.698. The molecule has 17 heavy (non-hydrogen) atoms. The van der Waals surface area contributed by atoms with E-state index in [2.05, 4.69) is 5.32 Å². The van der Waals surface area contributed by atoms with Crippen LogP contribution in [0.4, 0.5) is 5.69 Å². The minimum absolute atomic E-state index is 0.0166. The lowest BCUT2D eigenvalue weighted by Gasteiger charge is -2.07. The van der Waals surface area contributed by atoms with Crippen LogP contribution >= 0.6 is 11.8 Å². The molecule has 0 atom stereocenters. The molecule has 1 aromatic carbocycles. The van der Waals surface area contributed by atoms with Gasteiger partial charge in [-0.2, -0.15) is 11.8 Å². The number of aromatic carboxylic acids is 1. The number of carboxylic acid groups (broad SMARTS) is 1. The number of benzene rings is 1. The maximum atomic E-state index is 11.4. The van der Waals surface area contributed by atoms with E-state index in [1.807, 2.05) is 6.26 Å². The first-order valence-corrected chi connectivity index (χ1v) is 6.29. The van der Waals surface area contributed by atoms with Crippen molar-refractivity contribution < 1.29 is 19.8 Å². The zero-order valence-corrected chi connectivity index (χ0v) is 10.1. The van der Waals surface area contributed by atoms with Crippen molar-refractivity contribution >= 4 is 29.3 Å². The van der Waals surface area contributed by atoms with Gasteiger partial charge in [-0.1, -0.05) is 0 Å². The number of hydrogen-bond acceptors (Lipinski definition) is 4. The molecule has 0 aliphatic heterocycles. The standard InChI is InChI=1S/C11H13NO4S/c1-17-5-4-10(14)12-8-6-7(11(15)16)2-3-9(8)13/h2-3,6,13H,4-5H2,1H3,(H,12,14)(H,15,16). The molecule has 0 spiro atoms. The molecule has 0 unspecified atom stereocenters. The zero-order valence-electron chi connectivity index (χ0n) is 9.27. The Morgan fingerprint density at radius 3 is 2.71 bits per heavy atom. The summed E-state index contributed by atoms with van der Waals surface area (Å²) in [4.78, 5) is 22.1. The van der Waals surface area contributed by atoms with E-state index < -0.39 is 5.97 Å². The van der Waals surface area contributed by atoms with Crippen molar-refractivity contribution in [2.75, 3.05) is 17.3 Å². The van der Waals surface area contributed by atoms with Crippen molar-refractivity contribution in [3.05, 3.63) is 23.8 Å². The van der Waals surface area contributed by atoms with E-state index in [0.717, 1.165) is 0 Å². The van der Waals surface area contributed by atoms with Gasteiger partial charge >= 0.3 is 5.97 Å². The Kier molecular flexibility index (Phi) is 4.84. The topological polar surface area (TPSA) is 86.6 Å². The lowest BCUT2D eigenvalue weighted by Crippen LogP contribution is -2.12. The number of carbonyl (C=O) groups is 2. The molecule has 1 aromatic rings. The van der Waals surface area contributed by atoms with Crippen molar-refractivity contribution in [1.82, 2.24) is 0 Å². The van der Waals surface area contributed by atoms with Gasteiger partial charge in [0, 0.05) is 12.2 Å². The first-order chi connectivity index (χ1) is 8.04. The number of phenolic OH excluding ortho intramolecular Hbond substituents is 1. The number of amides is 1. The van der Waals surface area contributed by atoms with Crippen molar-refractivity contribution in [2.24, 2.45) is 0 Å². The lowest BCUT2D eigenvalue weighted by molar-refractivity contribution is -0.115. The number of rotatable bonds is 5. The van der Waals surface area contributed by atoms with Crippen LogP contribution in [0.5, 0.6) is 5.75 Å². The van der Waals surface area contributed by atoms with Crippen LogP contribution in [0, 0.1) is 0 Å². The molecule has 0 heterocycles. The fraction of sp³-hybridized carbons (Fsp3) is 0.273. The van der Waals surface area contributed by atoms with Crippen LogP contribution in [-0.4, -0.2) is 34.1 Å². The van der Waals surface area contributed by atoms with Gasteiger partial charge in [0.25, 0.3) is 0 Å². The maximum absolute atomic E-state index is 11.4. The molecular formula is C11H13NO4S. The van der Waals surface area contributed by atoms with Gasteiger partial charge in [0.15, 0.2) is 0 Å². The van der Waals surface area contributed by atoms with Crippen molar-refractivity contribution in [3.8, 4) is 5.75 Å². The molecule has 0 aromatic heterocycles. The molecule has 0 aliphatic carbocycles. The number of thioether (sulfide) groups is 1. The highest BCUT2D eigenvalue weighted by Crippen LogP contribution is 2.24. The van der Waals surface area contributed by atoms with E-state index in [0.29, 0.717) is 12.2 Å². The van der Waals surface area contributed by atoms with Gasteiger partial charge in [0.1, 0.15) is 5.75 Å². The van der Waals surface area contributed by atoms with E-state index in [1.165, 1.54) is 30.0 Å². The van der Waals surface area contributed by atoms with E-state index in [4.69, 9.17) is 5.11 Å². The largest absolute Gasteiger partial charge is 0.506 e. The molecule has 1 rings (SSSR count). The predicted octanol–water partition coefficient (Wildman–Crippen LogP) is 1.78. The molecule has 6 heteroatoms. The molecule has 0 bridgehead atoms. The van der Waals surface area contributed by atoms with Gasteiger partial charge in [-0.25, -0.2) is 4.79 Å². The molecule has 3 N–H and O–H groups in total. The molecule has 0 radical (unpaired) electrons. The second-order valence-electron chi connectivity index (χ2n) is 3.33. The van der Waals surface area contributed by atoms with E-state index >= 15 is 0 Å². The molecule has 1 amide bonds. The van der Waals surface area contributed by atoms with Crippen LogP contribution in [0.15, 0.2) is 18.2 Å². The van der Waals surface area contributed by atoms with Crippen molar-refractivity contribution in [3.63, 3.8) is 0 Å². The van der Waals surface area contributed by atoms with Crippen molar-refractivity contribution in [1.29, 1.82) is 0 Å². The first-order valence-electron chi connectivity index (χ1n) is 4.89. The highest BCUT2D eigenvalue weighted by molar-refractivity contribution is 7.98. The summed E-state index contributed by atoms with van der Waals surface area (Å²) in [5.74, 6) is -0.833. The SMILES string of the molecule is CSCCC(=O)Nc1cc(C(=O)O)ccc1O. The van der Waals surface area contributed by atoms with Crippen LogP contribution in [0.1, 0.15) is 16.8 Å². The van der Waals surface area contributed by atoms with Gasteiger partial charge in [-0.05, 0) is 24.5 Å². The molecule has 5 nitrogen and oxygen atoms in total. The molecule has 0 saturated carbocycles. The number of anilines is 1. The Bertz CT molecular complexity index is 433. The van der Waals surface area contributed by atoms with Crippen LogP contribution in [-0.2, 0) is 4.79 Å². The highest BCUT2D eigenvalue weighted by atomic mass is 32.2. The molecule has 0 fully saturated rings. The van der Waals surface area contributed by atoms with Crippen LogP contribution < -0.4 is 5.32 Å². The minimum atomic E-state index is -1.11. The fourth-order valence-corrected chi connectivity index (χ4v) is 1.57. The summed E-state index contributed by atoms with van der Waals surface area (Å²) in [5, 5.41) is 20.7. The van der Waals surface area contributed by atoms with Crippen LogP contribution in [0.2, 0.25) is 0 Å². The summed E-state index contributed by atoms with van der Waals surface area (Å²) in [7, 11) is 0. The third-order valence-electron chi connectivity index (χ3n) is 2.05. The summed E-state index contributed by atoms with van der Waals surface area (Å²) in [6, 6.07) is 3.75. The third-order valence-corrected chi connectivity index (χ3v) is 2.66. The first kappa shape index (κ1) is 13.4. The Labute approximate surface area is 103 Å². The summed E-state index contributed by atoms with van der Waals surface area (Å²) < 4.78 is 0. The number of carboxylic acids is 1. The van der Waals surface area contributed by atoms with E-state index in [9.17, 15) is 14.7 Å². The van der Waals surface area contributed by atoms with Crippen molar-refractivity contribution in [2.45, 2.75) is 6.42 Å². The Morgan fingerprint density at radius 2 is 2.12 bits per heavy atom. The number of phenols is 1. The average molecular weight is 255 g/mol. The molecule has 92 valence electrons. The predicted molar refractivity (Wildman–Crippen MR) is 66.7 cm³/mol. The fourth-order valence-electron chi connectivity index (χ4n) is 1.18. The molecular weight excluding hydrogens is 242 g/mol. The lowest BCUT2D eigenvalue weighted by atomic mass is 10.2. The van der Waals surface area contributed by atoms with Crippen LogP contribution in [0.3, 0.4) is 0 Å². The zero-order chi connectivity index (χ0) is 12.8. The molecule has 0 saturated heterocycles. The number of nitrogens with one attached hydrogen (secondary N) is 1. The maximum Gasteiger partial charge on any atom is 0.335 e. The van der Waals surface area contributed by atoms with Gasteiger partial charge < -0.3 is 15.5 Å². The Morgan fingerprint density at radius 1 is 1.41 bits per heavy atom. The summed E-state index contributed by atoms with van der Waals surface area (Å²) in [6.45, 7) is 0. The number of aromatic hydroxyl groups is 1. The monoisotopic (exact) mass is 255 g/mol. The van der Waals surface area contributed by atoms with E-state index in [1.54, 1.807) is 0 Å². The summed E-state index contributed by atoms with van der Waals surface area (Å²) >= 11 is 1.54. The van der Waals surface area contributed by atoms with Gasteiger partial charge in [-0.15, -0.1) is 0 Å². The van der Waals surface area contributed by atoms with Crippen LogP contribution in [0.25, 0.3) is 0 Å².